The second-order valence-electron chi connectivity index (χ2n) is 5.95. The summed E-state index contributed by atoms with van der Waals surface area (Å²) in [6.45, 7) is 2.08. The molecule has 3 aromatic carbocycles. The van der Waals surface area contributed by atoms with Crippen LogP contribution in [0.5, 0.6) is 5.75 Å². The molecular formula is C21H17Cl2NO3S. The van der Waals surface area contributed by atoms with Crippen LogP contribution in [0, 0.1) is 0 Å². The molecule has 0 aromatic heterocycles. The lowest BCUT2D eigenvalue weighted by Gasteiger charge is -2.10. The summed E-state index contributed by atoms with van der Waals surface area (Å²) in [5, 5.41) is 0.881. The van der Waals surface area contributed by atoms with Crippen LogP contribution < -0.4 is 4.18 Å². The summed E-state index contributed by atoms with van der Waals surface area (Å²) < 4.78 is 30.4. The van der Waals surface area contributed by atoms with Crippen molar-refractivity contribution >= 4 is 45.2 Å². The Morgan fingerprint density at radius 1 is 0.929 bits per heavy atom. The van der Waals surface area contributed by atoms with Crippen molar-refractivity contribution in [1.29, 1.82) is 0 Å². The molecule has 0 radical (unpaired) electrons. The van der Waals surface area contributed by atoms with E-state index in [0.717, 1.165) is 12.1 Å². The van der Waals surface area contributed by atoms with E-state index in [2.05, 4.69) is 11.9 Å². The van der Waals surface area contributed by atoms with Crippen LogP contribution in [-0.4, -0.2) is 14.6 Å². The first-order chi connectivity index (χ1) is 13.4. The highest BCUT2D eigenvalue weighted by atomic mass is 35.5. The van der Waals surface area contributed by atoms with E-state index in [4.69, 9.17) is 27.4 Å². The predicted octanol–water partition coefficient (Wildman–Crippen LogP) is 6.07. The molecule has 0 fully saturated rings. The maximum Gasteiger partial charge on any atom is 0.339 e. The summed E-state index contributed by atoms with van der Waals surface area (Å²) in [4.78, 5) is 4.40. The molecule has 0 saturated carbocycles. The van der Waals surface area contributed by atoms with E-state index >= 15 is 0 Å². The first-order valence-electron chi connectivity index (χ1n) is 8.50. The number of hydrogen-bond donors (Lipinski definition) is 0. The van der Waals surface area contributed by atoms with E-state index in [1.54, 1.807) is 12.1 Å². The molecule has 0 aliphatic heterocycles. The number of halogens is 2. The van der Waals surface area contributed by atoms with E-state index in [-0.39, 0.29) is 10.6 Å². The van der Waals surface area contributed by atoms with Crippen molar-refractivity contribution in [2.45, 2.75) is 18.2 Å². The molecule has 0 bridgehead atoms. The fourth-order valence-electron chi connectivity index (χ4n) is 2.43. The van der Waals surface area contributed by atoms with Gasteiger partial charge in [-0.1, -0.05) is 42.3 Å². The molecule has 4 nitrogen and oxygen atoms in total. The van der Waals surface area contributed by atoms with Crippen molar-refractivity contribution < 1.29 is 12.6 Å². The zero-order valence-electron chi connectivity index (χ0n) is 15.0. The SMILES string of the molecule is CCc1ccc(N=Cc2cc(Cl)ccc2OS(=O)(=O)c2ccc(Cl)cc2)cc1. The quantitative estimate of drug-likeness (QED) is 0.349. The van der Waals surface area contributed by atoms with Crippen LogP contribution in [0.25, 0.3) is 0 Å². The van der Waals surface area contributed by atoms with Crippen molar-refractivity contribution in [3.05, 3.63) is 87.9 Å². The Kier molecular flexibility index (Phi) is 6.39. The highest BCUT2D eigenvalue weighted by molar-refractivity contribution is 7.87. The maximum atomic E-state index is 12.6. The van der Waals surface area contributed by atoms with Crippen LogP contribution in [0.2, 0.25) is 10.0 Å². The first kappa shape index (κ1) is 20.4. The van der Waals surface area contributed by atoms with Crippen molar-refractivity contribution in [3.63, 3.8) is 0 Å². The third-order valence-electron chi connectivity index (χ3n) is 3.97. The predicted molar refractivity (Wildman–Crippen MR) is 114 cm³/mol. The standard InChI is InChI=1S/C21H17Cl2NO3S/c1-2-15-3-8-19(9-4-15)24-14-16-13-18(23)7-12-21(16)27-28(25,26)20-10-5-17(22)6-11-20/h3-14H,2H2,1H3. The third-order valence-corrected chi connectivity index (χ3v) is 5.71. The molecule has 0 aliphatic rings. The number of aliphatic imine (C=N–C) groups is 1. The largest absolute Gasteiger partial charge is 0.378 e. The highest BCUT2D eigenvalue weighted by Crippen LogP contribution is 2.26. The van der Waals surface area contributed by atoms with Crippen LogP contribution in [0.15, 0.2) is 76.6 Å². The smallest absolute Gasteiger partial charge is 0.339 e. The third kappa shape index (κ3) is 5.13. The number of hydrogen-bond acceptors (Lipinski definition) is 4. The number of aryl methyl sites for hydroxylation is 1. The van der Waals surface area contributed by atoms with Gasteiger partial charge in [0.1, 0.15) is 4.90 Å². The van der Waals surface area contributed by atoms with E-state index in [9.17, 15) is 8.42 Å². The first-order valence-corrected chi connectivity index (χ1v) is 10.7. The Bertz CT molecular complexity index is 1090. The zero-order chi connectivity index (χ0) is 20.1. The van der Waals surface area contributed by atoms with Crippen LogP contribution in [0.1, 0.15) is 18.1 Å². The van der Waals surface area contributed by atoms with Crippen LogP contribution in [0.3, 0.4) is 0 Å². The monoisotopic (exact) mass is 433 g/mol. The van der Waals surface area contributed by atoms with Gasteiger partial charge in [-0.05, 0) is 66.6 Å². The summed E-state index contributed by atoms with van der Waals surface area (Å²) in [6, 6.07) is 18.2. The Labute approximate surface area is 174 Å². The van der Waals surface area contributed by atoms with Gasteiger partial charge in [0.15, 0.2) is 5.75 Å². The highest BCUT2D eigenvalue weighted by Gasteiger charge is 2.18. The molecule has 28 heavy (non-hydrogen) atoms. The lowest BCUT2D eigenvalue weighted by Crippen LogP contribution is -2.10. The van der Waals surface area contributed by atoms with Gasteiger partial charge in [-0.3, -0.25) is 4.99 Å². The van der Waals surface area contributed by atoms with Gasteiger partial charge in [0, 0.05) is 21.8 Å². The van der Waals surface area contributed by atoms with Gasteiger partial charge in [0.05, 0.1) is 5.69 Å². The molecule has 0 N–H and O–H groups in total. The molecular weight excluding hydrogens is 417 g/mol. The van der Waals surface area contributed by atoms with Crippen LogP contribution >= 0.6 is 23.2 Å². The molecule has 0 atom stereocenters. The summed E-state index contributed by atoms with van der Waals surface area (Å²) in [5.41, 5.74) is 2.40. The molecule has 7 heteroatoms. The molecule has 0 spiro atoms. The van der Waals surface area contributed by atoms with E-state index in [0.29, 0.717) is 15.6 Å². The fraction of sp³-hybridized carbons (Fsp3) is 0.0952. The Morgan fingerprint density at radius 2 is 1.57 bits per heavy atom. The van der Waals surface area contributed by atoms with Crippen LogP contribution in [-0.2, 0) is 16.5 Å². The number of nitrogens with zero attached hydrogens (tertiary/aromatic N) is 1. The molecule has 0 saturated heterocycles. The van der Waals surface area contributed by atoms with Gasteiger partial charge in [-0.2, -0.15) is 8.42 Å². The minimum absolute atomic E-state index is 0.00453. The fourth-order valence-corrected chi connectivity index (χ4v) is 3.69. The zero-order valence-corrected chi connectivity index (χ0v) is 17.3. The van der Waals surface area contributed by atoms with Crippen molar-refractivity contribution in [2.75, 3.05) is 0 Å². The van der Waals surface area contributed by atoms with Gasteiger partial charge in [0.2, 0.25) is 0 Å². The Morgan fingerprint density at radius 3 is 2.21 bits per heavy atom. The molecule has 144 valence electrons. The Balaban J connectivity index is 1.89. The molecule has 3 aromatic rings. The minimum Gasteiger partial charge on any atom is -0.378 e. The van der Waals surface area contributed by atoms with Crippen LogP contribution in [0.4, 0.5) is 5.69 Å². The second kappa shape index (κ2) is 8.78. The molecule has 0 unspecified atom stereocenters. The molecule has 0 heterocycles. The minimum atomic E-state index is -4.02. The average molecular weight is 434 g/mol. The second-order valence-corrected chi connectivity index (χ2v) is 8.37. The van der Waals surface area contributed by atoms with Crippen molar-refractivity contribution in [3.8, 4) is 5.75 Å². The average Bonchev–Trinajstić information content (AvgIpc) is 2.68. The molecule has 3 rings (SSSR count). The Hall–Kier alpha value is -2.34. The van der Waals surface area contributed by atoms with Gasteiger partial charge < -0.3 is 4.18 Å². The van der Waals surface area contributed by atoms with E-state index < -0.39 is 10.1 Å². The van der Waals surface area contributed by atoms with E-state index in [1.165, 1.54) is 42.1 Å². The number of rotatable bonds is 6. The maximum absolute atomic E-state index is 12.6. The summed E-state index contributed by atoms with van der Waals surface area (Å²) in [5.74, 6) is 0.133. The van der Waals surface area contributed by atoms with Gasteiger partial charge in [-0.15, -0.1) is 0 Å². The molecule has 0 aliphatic carbocycles. The topological polar surface area (TPSA) is 55.7 Å². The normalized spacial score (nSPS) is 11.7. The van der Waals surface area contributed by atoms with Gasteiger partial charge in [-0.25, -0.2) is 0 Å². The lowest BCUT2D eigenvalue weighted by molar-refractivity contribution is 0.485. The van der Waals surface area contributed by atoms with Gasteiger partial charge >= 0.3 is 10.1 Å². The van der Waals surface area contributed by atoms with E-state index in [1.807, 2.05) is 24.3 Å². The van der Waals surface area contributed by atoms with Crippen molar-refractivity contribution in [1.82, 2.24) is 0 Å². The number of benzene rings is 3. The summed E-state index contributed by atoms with van der Waals surface area (Å²) in [7, 11) is -4.02. The summed E-state index contributed by atoms with van der Waals surface area (Å²) in [6.07, 6.45) is 2.47. The molecule has 0 amide bonds. The van der Waals surface area contributed by atoms with Crippen molar-refractivity contribution in [2.24, 2.45) is 4.99 Å². The lowest BCUT2D eigenvalue weighted by atomic mass is 10.1. The summed E-state index contributed by atoms with van der Waals surface area (Å²) >= 11 is 11.9. The van der Waals surface area contributed by atoms with Gasteiger partial charge in [0.25, 0.3) is 0 Å².